The lowest BCUT2D eigenvalue weighted by atomic mass is 10.1. The molecule has 0 radical (unpaired) electrons. The van der Waals surface area contributed by atoms with Crippen molar-refractivity contribution in [3.8, 4) is 5.75 Å². The largest absolute Gasteiger partial charge is 0.488 e. The van der Waals surface area contributed by atoms with E-state index in [2.05, 4.69) is 10.1 Å². The van der Waals surface area contributed by atoms with Crippen LogP contribution in [-0.4, -0.2) is 47.0 Å². The van der Waals surface area contributed by atoms with Crippen molar-refractivity contribution in [3.05, 3.63) is 82.0 Å². The third kappa shape index (κ3) is 4.99. The first-order valence-corrected chi connectivity index (χ1v) is 10.8. The Labute approximate surface area is 187 Å². The minimum atomic E-state index is -0.228. The smallest absolute Gasteiger partial charge is 0.276 e. The molecule has 1 amide bonds. The number of benzene rings is 2. The second-order valence-electron chi connectivity index (χ2n) is 8.32. The SMILES string of the molecule is Cc1ccc(C)c(OCc2c(C(=O)N3CCN(Cc4cccc(F)c4)CC3)noc2C)c1. The Morgan fingerprint density at radius 2 is 1.88 bits per heavy atom. The second kappa shape index (κ2) is 9.53. The van der Waals surface area contributed by atoms with Gasteiger partial charge in [0.2, 0.25) is 0 Å². The van der Waals surface area contributed by atoms with Crippen LogP contribution in [0, 0.1) is 26.6 Å². The topological polar surface area (TPSA) is 58.8 Å². The maximum absolute atomic E-state index is 13.4. The van der Waals surface area contributed by atoms with Gasteiger partial charge in [-0.15, -0.1) is 0 Å². The van der Waals surface area contributed by atoms with Crippen LogP contribution in [0.1, 0.15) is 38.5 Å². The Hall–Kier alpha value is -3.19. The van der Waals surface area contributed by atoms with Crippen LogP contribution in [0.15, 0.2) is 47.0 Å². The Morgan fingerprint density at radius 3 is 2.62 bits per heavy atom. The van der Waals surface area contributed by atoms with Crippen LogP contribution in [0.2, 0.25) is 0 Å². The fourth-order valence-electron chi connectivity index (χ4n) is 3.89. The minimum Gasteiger partial charge on any atom is -0.488 e. The summed E-state index contributed by atoms with van der Waals surface area (Å²) in [6.07, 6.45) is 0. The van der Waals surface area contributed by atoms with E-state index in [-0.39, 0.29) is 18.3 Å². The second-order valence-corrected chi connectivity index (χ2v) is 8.32. The first kappa shape index (κ1) is 22.0. The summed E-state index contributed by atoms with van der Waals surface area (Å²) in [5.74, 6) is 0.999. The van der Waals surface area contributed by atoms with Gasteiger partial charge in [-0.25, -0.2) is 4.39 Å². The van der Waals surface area contributed by atoms with Gasteiger partial charge in [0.25, 0.3) is 5.91 Å². The number of rotatable bonds is 6. The number of aryl methyl sites for hydroxylation is 3. The van der Waals surface area contributed by atoms with E-state index in [0.717, 1.165) is 22.4 Å². The van der Waals surface area contributed by atoms with Crippen LogP contribution >= 0.6 is 0 Å². The highest BCUT2D eigenvalue weighted by molar-refractivity contribution is 5.93. The molecule has 1 fully saturated rings. The van der Waals surface area contributed by atoms with E-state index in [4.69, 9.17) is 9.26 Å². The van der Waals surface area contributed by atoms with Crippen LogP contribution in [0.3, 0.4) is 0 Å². The Bertz CT molecular complexity index is 1100. The van der Waals surface area contributed by atoms with Crippen molar-refractivity contribution < 1.29 is 18.4 Å². The van der Waals surface area contributed by atoms with Crippen molar-refractivity contribution in [2.45, 2.75) is 33.9 Å². The van der Waals surface area contributed by atoms with Gasteiger partial charge in [0.1, 0.15) is 23.9 Å². The molecule has 1 aliphatic rings. The van der Waals surface area contributed by atoms with E-state index < -0.39 is 0 Å². The predicted molar refractivity (Wildman–Crippen MR) is 119 cm³/mol. The number of hydrogen-bond acceptors (Lipinski definition) is 5. The Morgan fingerprint density at radius 1 is 1.09 bits per heavy atom. The summed E-state index contributed by atoms with van der Waals surface area (Å²) >= 11 is 0. The fourth-order valence-corrected chi connectivity index (χ4v) is 3.89. The molecular weight excluding hydrogens is 409 g/mol. The number of piperazine rings is 1. The predicted octanol–water partition coefficient (Wildman–Crippen LogP) is 4.28. The van der Waals surface area contributed by atoms with Gasteiger partial charge in [-0.05, 0) is 55.7 Å². The molecule has 6 nitrogen and oxygen atoms in total. The number of carbonyl (C=O) groups excluding carboxylic acids is 1. The molecule has 1 aliphatic heterocycles. The van der Waals surface area contributed by atoms with Crippen LogP contribution < -0.4 is 4.74 Å². The number of amides is 1. The van der Waals surface area contributed by atoms with Gasteiger partial charge in [0.15, 0.2) is 5.69 Å². The van der Waals surface area contributed by atoms with Crippen molar-refractivity contribution in [2.24, 2.45) is 0 Å². The van der Waals surface area contributed by atoms with Gasteiger partial charge in [0, 0.05) is 32.7 Å². The van der Waals surface area contributed by atoms with Crippen LogP contribution in [0.5, 0.6) is 5.75 Å². The number of nitrogens with zero attached hydrogens (tertiary/aromatic N) is 3. The lowest BCUT2D eigenvalue weighted by Gasteiger charge is -2.34. The van der Waals surface area contributed by atoms with Crippen molar-refractivity contribution in [3.63, 3.8) is 0 Å². The van der Waals surface area contributed by atoms with Crippen molar-refractivity contribution in [1.29, 1.82) is 0 Å². The average molecular weight is 438 g/mol. The van der Waals surface area contributed by atoms with E-state index in [9.17, 15) is 9.18 Å². The van der Waals surface area contributed by atoms with Crippen LogP contribution in [-0.2, 0) is 13.2 Å². The van der Waals surface area contributed by atoms with E-state index in [1.54, 1.807) is 24.0 Å². The third-order valence-electron chi connectivity index (χ3n) is 5.86. The number of aromatic nitrogens is 1. The zero-order chi connectivity index (χ0) is 22.7. The first-order valence-electron chi connectivity index (χ1n) is 10.8. The van der Waals surface area contributed by atoms with Crippen LogP contribution in [0.4, 0.5) is 4.39 Å². The van der Waals surface area contributed by atoms with Gasteiger partial charge >= 0.3 is 0 Å². The van der Waals surface area contributed by atoms with Crippen molar-refractivity contribution in [2.75, 3.05) is 26.2 Å². The van der Waals surface area contributed by atoms with E-state index in [1.165, 1.54) is 6.07 Å². The maximum Gasteiger partial charge on any atom is 0.276 e. The quantitative estimate of drug-likeness (QED) is 0.576. The van der Waals surface area contributed by atoms with Gasteiger partial charge in [-0.3, -0.25) is 9.69 Å². The molecule has 2 aromatic carbocycles. The molecule has 1 saturated heterocycles. The maximum atomic E-state index is 13.4. The Balaban J connectivity index is 1.38. The molecule has 0 saturated carbocycles. The minimum absolute atomic E-state index is 0.146. The molecule has 168 valence electrons. The summed E-state index contributed by atoms with van der Waals surface area (Å²) in [5.41, 5.74) is 4.07. The lowest BCUT2D eigenvalue weighted by molar-refractivity contribution is 0.0616. The zero-order valence-electron chi connectivity index (χ0n) is 18.7. The third-order valence-corrected chi connectivity index (χ3v) is 5.86. The summed E-state index contributed by atoms with van der Waals surface area (Å²) in [5, 5.41) is 4.04. The molecule has 32 heavy (non-hydrogen) atoms. The van der Waals surface area contributed by atoms with Gasteiger partial charge in [-0.1, -0.05) is 29.4 Å². The standard InChI is InChI=1S/C25H28FN3O3/c1-17-7-8-18(2)23(13-17)31-16-22-19(3)32-27-24(22)25(30)29-11-9-28(10-12-29)15-20-5-4-6-21(26)14-20/h4-8,13-14H,9-12,15-16H2,1-3H3. The van der Waals surface area contributed by atoms with Crippen LogP contribution in [0.25, 0.3) is 0 Å². The highest BCUT2D eigenvalue weighted by Gasteiger charge is 2.28. The summed E-state index contributed by atoms with van der Waals surface area (Å²) in [7, 11) is 0. The average Bonchev–Trinajstić information content (AvgIpc) is 3.15. The first-order chi connectivity index (χ1) is 15.4. The summed E-state index contributed by atoms with van der Waals surface area (Å²) < 4.78 is 24.8. The number of hydrogen-bond donors (Lipinski definition) is 0. The fraction of sp³-hybridized carbons (Fsp3) is 0.360. The molecule has 1 aromatic heterocycles. The monoisotopic (exact) mass is 437 g/mol. The van der Waals surface area contributed by atoms with Crippen molar-refractivity contribution in [1.82, 2.24) is 15.0 Å². The highest BCUT2D eigenvalue weighted by Crippen LogP contribution is 2.23. The molecule has 7 heteroatoms. The number of ether oxygens (including phenoxy) is 1. The molecule has 0 N–H and O–H groups in total. The zero-order valence-corrected chi connectivity index (χ0v) is 18.7. The Kier molecular flexibility index (Phi) is 6.55. The normalized spacial score (nSPS) is 14.6. The molecule has 0 aliphatic carbocycles. The van der Waals surface area contributed by atoms with Gasteiger partial charge in [0.05, 0.1) is 5.56 Å². The van der Waals surface area contributed by atoms with Crippen molar-refractivity contribution >= 4 is 5.91 Å². The molecule has 0 unspecified atom stereocenters. The lowest BCUT2D eigenvalue weighted by Crippen LogP contribution is -2.48. The van der Waals surface area contributed by atoms with Gasteiger partial charge in [-0.2, -0.15) is 0 Å². The molecular formula is C25H28FN3O3. The number of carbonyl (C=O) groups is 1. The summed E-state index contributed by atoms with van der Waals surface area (Å²) in [4.78, 5) is 17.2. The summed E-state index contributed by atoms with van der Waals surface area (Å²) in [6.45, 7) is 9.28. The molecule has 4 rings (SSSR count). The molecule has 0 spiro atoms. The molecule has 3 aromatic rings. The molecule has 2 heterocycles. The van der Waals surface area contributed by atoms with E-state index in [0.29, 0.717) is 49.7 Å². The van der Waals surface area contributed by atoms with E-state index in [1.807, 2.05) is 38.1 Å². The molecule has 0 bridgehead atoms. The summed E-state index contributed by atoms with van der Waals surface area (Å²) in [6, 6.07) is 12.7. The number of halogens is 1. The van der Waals surface area contributed by atoms with Gasteiger partial charge < -0.3 is 14.2 Å². The van der Waals surface area contributed by atoms with E-state index >= 15 is 0 Å². The molecule has 0 atom stereocenters. The highest BCUT2D eigenvalue weighted by atomic mass is 19.1.